The molecule has 2 aromatic carbocycles. The SMILES string of the molecule is Cc1cc(F)c(C(=O)c2ccc(F)cc2Br)cc1F. The smallest absolute Gasteiger partial charge is 0.197 e. The van der Waals surface area contributed by atoms with Gasteiger partial charge >= 0.3 is 0 Å². The Labute approximate surface area is 116 Å². The van der Waals surface area contributed by atoms with Gasteiger partial charge in [-0.1, -0.05) is 0 Å². The van der Waals surface area contributed by atoms with Crippen molar-refractivity contribution < 1.29 is 18.0 Å². The number of hydrogen-bond acceptors (Lipinski definition) is 1. The largest absolute Gasteiger partial charge is 0.288 e. The molecule has 0 saturated carbocycles. The summed E-state index contributed by atoms with van der Waals surface area (Å²) in [5, 5.41) is 0. The van der Waals surface area contributed by atoms with Crippen molar-refractivity contribution in [3.63, 3.8) is 0 Å². The Bertz CT molecular complexity index is 668. The second-order valence-corrected chi connectivity index (χ2v) is 4.89. The third-order valence-electron chi connectivity index (χ3n) is 2.67. The summed E-state index contributed by atoms with van der Waals surface area (Å²) in [6, 6.07) is 5.21. The van der Waals surface area contributed by atoms with Gasteiger partial charge in [0.05, 0.1) is 5.56 Å². The maximum atomic E-state index is 13.7. The lowest BCUT2D eigenvalue weighted by molar-refractivity contribution is 0.103. The second-order valence-electron chi connectivity index (χ2n) is 4.03. The molecule has 19 heavy (non-hydrogen) atoms. The maximum Gasteiger partial charge on any atom is 0.197 e. The van der Waals surface area contributed by atoms with Gasteiger partial charge in [0, 0.05) is 10.0 Å². The van der Waals surface area contributed by atoms with Crippen molar-refractivity contribution in [1.29, 1.82) is 0 Å². The van der Waals surface area contributed by atoms with E-state index in [1.165, 1.54) is 13.0 Å². The lowest BCUT2D eigenvalue weighted by Crippen LogP contribution is -2.07. The molecule has 0 amide bonds. The topological polar surface area (TPSA) is 17.1 Å². The molecule has 0 N–H and O–H groups in total. The van der Waals surface area contributed by atoms with Crippen molar-refractivity contribution in [3.05, 3.63) is 68.9 Å². The highest BCUT2D eigenvalue weighted by molar-refractivity contribution is 9.10. The van der Waals surface area contributed by atoms with Crippen molar-refractivity contribution >= 4 is 21.7 Å². The molecule has 0 aliphatic carbocycles. The molecule has 0 atom stereocenters. The lowest BCUT2D eigenvalue weighted by atomic mass is 10.0. The Kier molecular flexibility index (Phi) is 3.75. The van der Waals surface area contributed by atoms with Crippen LogP contribution < -0.4 is 0 Å². The zero-order valence-corrected chi connectivity index (χ0v) is 11.4. The molecular formula is C14H8BrF3O. The van der Waals surface area contributed by atoms with Crippen LogP contribution in [0.15, 0.2) is 34.8 Å². The Morgan fingerprint density at radius 2 is 1.68 bits per heavy atom. The van der Waals surface area contributed by atoms with E-state index >= 15 is 0 Å². The molecule has 0 saturated heterocycles. The van der Waals surface area contributed by atoms with Gasteiger partial charge in [-0.25, -0.2) is 13.2 Å². The van der Waals surface area contributed by atoms with E-state index < -0.39 is 23.2 Å². The highest BCUT2D eigenvalue weighted by Crippen LogP contribution is 2.23. The normalized spacial score (nSPS) is 10.6. The molecular weight excluding hydrogens is 321 g/mol. The van der Waals surface area contributed by atoms with Crippen LogP contribution >= 0.6 is 15.9 Å². The fourth-order valence-electron chi connectivity index (χ4n) is 1.64. The fourth-order valence-corrected chi connectivity index (χ4v) is 2.17. The van der Waals surface area contributed by atoms with Gasteiger partial charge in [-0.3, -0.25) is 4.79 Å². The highest BCUT2D eigenvalue weighted by atomic mass is 79.9. The van der Waals surface area contributed by atoms with E-state index in [-0.39, 0.29) is 21.2 Å². The van der Waals surface area contributed by atoms with Crippen molar-refractivity contribution in [1.82, 2.24) is 0 Å². The molecule has 2 aromatic rings. The monoisotopic (exact) mass is 328 g/mol. The number of hydrogen-bond donors (Lipinski definition) is 0. The van der Waals surface area contributed by atoms with E-state index in [9.17, 15) is 18.0 Å². The molecule has 0 aliphatic heterocycles. The van der Waals surface area contributed by atoms with Crippen molar-refractivity contribution in [3.8, 4) is 0 Å². The van der Waals surface area contributed by atoms with Crippen molar-refractivity contribution in [2.75, 3.05) is 0 Å². The fraction of sp³-hybridized carbons (Fsp3) is 0.0714. The zero-order chi connectivity index (χ0) is 14.2. The summed E-state index contributed by atoms with van der Waals surface area (Å²) in [7, 11) is 0. The predicted molar refractivity (Wildman–Crippen MR) is 68.6 cm³/mol. The van der Waals surface area contributed by atoms with Crippen LogP contribution in [0.25, 0.3) is 0 Å². The second kappa shape index (κ2) is 5.17. The van der Waals surface area contributed by atoms with Crippen LogP contribution in [0.5, 0.6) is 0 Å². The van der Waals surface area contributed by atoms with E-state index in [1.807, 2.05) is 0 Å². The number of aryl methyl sites for hydroxylation is 1. The minimum absolute atomic E-state index is 0.0727. The zero-order valence-electron chi connectivity index (χ0n) is 9.81. The van der Waals surface area contributed by atoms with Crippen LogP contribution in [0.4, 0.5) is 13.2 Å². The summed E-state index contributed by atoms with van der Waals surface area (Å²) < 4.78 is 40.2. The molecule has 0 unspecified atom stereocenters. The van der Waals surface area contributed by atoms with E-state index in [4.69, 9.17) is 0 Å². The summed E-state index contributed by atoms with van der Waals surface area (Å²) in [6.07, 6.45) is 0. The summed E-state index contributed by atoms with van der Waals surface area (Å²) in [5.41, 5.74) is -0.189. The number of rotatable bonds is 2. The van der Waals surface area contributed by atoms with Gasteiger partial charge in [-0.05, 0) is 58.7 Å². The van der Waals surface area contributed by atoms with Gasteiger partial charge < -0.3 is 0 Å². The molecule has 98 valence electrons. The third kappa shape index (κ3) is 2.71. The molecule has 0 aromatic heterocycles. The number of benzene rings is 2. The highest BCUT2D eigenvalue weighted by Gasteiger charge is 2.18. The average molecular weight is 329 g/mol. The molecule has 1 nitrogen and oxygen atoms in total. The van der Waals surface area contributed by atoms with E-state index in [1.54, 1.807) is 0 Å². The number of halogens is 4. The van der Waals surface area contributed by atoms with Crippen molar-refractivity contribution in [2.45, 2.75) is 6.92 Å². The minimum Gasteiger partial charge on any atom is -0.288 e. The first kappa shape index (κ1) is 13.8. The number of ketones is 1. The van der Waals surface area contributed by atoms with E-state index in [0.29, 0.717) is 0 Å². The molecule has 0 radical (unpaired) electrons. The number of carbonyl (C=O) groups is 1. The van der Waals surface area contributed by atoms with Gasteiger partial charge in [0.15, 0.2) is 5.78 Å². The molecule has 0 aliphatic rings. The Morgan fingerprint density at radius 3 is 2.32 bits per heavy atom. The third-order valence-corrected chi connectivity index (χ3v) is 3.32. The molecule has 0 heterocycles. The van der Waals surface area contributed by atoms with Gasteiger partial charge in [-0.15, -0.1) is 0 Å². The summed E-state index contributed by atoms with van der Waals surface area (Å²) >= 11 is 3.03. The summed E-state index contributed by atoms with van der Waals surface area (Å²) in [4.78, 5) is 12.1. The maximum absolute atomic E-state index is 13.7. The average Bonchev–Trinajstić information content (AvgIpc) is 2.33. The van der Waals surface area contributed by atoms with Crippen molar-refractivity contribution in [2.24, 2.45) is 0 Å². The van der Waals surface area contributed by atoms with Gasteiger partial charge in [-0.2, -0.15) is 0 Å². The standard InChI is InChI=1S/C14H8BrF3O/c1-7-4-13(18)10(6-12(7)17)14(19)9-3-2-8(16)5-11(9)15/h2-6H,1H3. The van der Waals surface area contributed by atoms with Crippen LogP contribution in [0.2, 0.25) is 0 Å². The lowest BCUT2D eigenvalue weighted by Gasteiger charge is -2.07. The van der Waals surface area contributed by atoms with E-state index in [0.717, 1.165) is 24.3 Å². The number of carbonyl (C=O) groups excluding carboxylic acids is 1. The first-order valence-electron chi connectivity index (χ1n) is 5.35. The van der Waals surface area contributed by atoms with Crippen LogP contribution in [-0.2, 0) is 0 Å². The first-order valence-corrected chi connectivity index (χ1v) is 6.15. The quantitative estimate of drug-likeness (QED) is 0.746. The molecule has 5 heteroatoms. The Morgan fingerprint density at radius 1 is 1.00 bits per heavy atom. The van der Waals surface area contributed by atoms with Crippen LogP contribution in [-0.4, -0.2) is 5.78 Å². The van der Waals surface area contributed by atoms with Gasteiger partial charge in [0.25, 0.3) is 0 Å². The van der Waals surface area contributed by atoms with Crippen LogP contribution in [0, 0.1) is 24.4 Å². The molecule has 0 spiro atoms. The van der Waals surface area contributed by atoms with E-state index in [2.05, 4.69) is 15.9 Å². The minimum atomic E-state index is -0.805. The first-order chi connectivity index (χ1) is 8.90. The van der Waals surface area contributed by atoms with Gasteiger partial charge in [0.2, 0.25) is 0 Å². The van der Waals surface area contributed by atoms with Gasteiger partial charge in [0.1, 0.15) is 17.5 Å². The molecule has 2 rings (SSSR count). The molecule has 0 fully saturated rings. The summed E-state index contributed by atoms with van der Waals surface area (Å²) in [6.45, 7) is 1.40. The Hall–Kier alpha value is -1.62. The Balaban J connectivity index is 2.53. The predicted octanol–water partition coefficient (Wildman–Crippen LogP) is 4.41. The molecule has 0 bridgehead atoms. The summed E-state index contributed by atoms with van der Waals surface area (Å²) in [5.74, 6) is -2.70. The van der Waals surface area contributed by atoms with Crippen LogP contribution in [0.1, 0.15) is 21.5 Å². The van der Waals surface area contributed by atoms with Crippen LogP contribution in [0.3, 0.4) is 0 Å².